The second-order valence-corrected chi connectivity index (χ2v) is 3.09. The van der Waals surface area contributed by atoms with Crippen LogP contribution in [0.15, 0.2) is 18.2 Å². The van der Waals surface area contributed by atoms with Crippen LogP contribution in [0.5, 0.6) is 0 Å². The van der Waals surface area contributed by atoms with Crippen LogP contribution in [-0.2, 0) is 11.5 Å². The Kier molecular flexibility index (Phi) is 3.43. The highest BCUT2D eigenvalue weighted by molar-refractivity contribution is 6.31. The summed E-state index contributed by atoms with van der Waals surface area (Å²) >= 11 is 5.63. The van der Waals surface area contributed by atoms with E-state index >= 15 is 0 Å². The van der Waals surface area contributed by atoms with E-state index in [4.69, 9.17) is 16.7 Å². The summed E-state index contributed by atoms with van der Waals surface area (Å²) in [5.74, 6) is -1.43. The maximum absolute atomic E-state index is 12.5. The largest absolute Gasteiger partial charge is 0.479 e. The molecule has 0 aromatic heterocycles. The van der Waals surface area contributed by atoms with Crippen LogP contribution in [-0.4, -0.2) is 16.2 Å². The van der Waals surface area contributed by atoms with Crippen LogP contribution in [0, 0.1) is 0 Å². The number of alkyl halides is 1. The molecule has 0 fully saturated rings. The molecule has 0 aliphatic heterocycles. The molecule has 1 unspecified atom stereocenters. The Labute approximate surface area is 84.7 Å². The minimum Gasteiger partial charge on any atom is -0.479 e. The third-order valence-electron chi connectivity index (χ3n) is 1.82. The van der Waals surface area contributed by atoms with Gasteiger partial charge in [-0.2, -0.15) is 0 Å². The molecule has 1 atom stereocenters. The highest BCUT2D eigenvalue weighted by atomic mass is 35.5. The molecule has 1 aromatic carbocycles. The van der Waals surface area contributed by atoms with Gasteiger partial charge in [-0.15, -0.1) is 0 Å². The molecule has 0 aliphatic carbocycles. The monoisotopic (exact) mass is 218 g/mol. The molecule has 0 amide bonds. The fraction of sp³-hybridized carbons (Fsp3) is 0.222. The predicted molar refractivity (Wildman–Crippen MR) is 48.9 cm³/mol. The SMILES string of the molecule is O=C(O)C(O)c1cccc(Cl)c1CF. The van der Waals surface area contributed by atoms with Crippen LogP contribution in [0.25, 0.3) is 0 Å². The molecule has 3 nitrogen and oxygen atoms in total. The lowest BCUT2D eigenvalue weighted by Crippen LogP contribution is -2.12. The maximum atomic E-state index is 12.5. The first kappa shape index (κ1) is 10.9. The van der Waals surface area contributed by atoms with E-state index in [-0.39, 0.29) is 16.1 Å². The Morgan fingerprint density at radius 1 is 1.57 bits per heavy atom. The van der Waals surface area contributed by atoms with E-state index in [1.165, 1.54) is 18.2 Å². The number of carboxylic acid groups (broad SMARTS) is 1. The summed E-state index contributed by atoms with van der Waals surface area (Å²) in [5, 5.41) is 17.9. The highest BCUT2D eigenvalue weighted by Crippen LogP contribution is 2.26. The summed E-state index contributed by atoms with van der Waals surface area (Å²) in [4.78, 5) is 10.5. The number of aliphatic carboxylic acids is 1. The molecule has 0 saturated heterocycles. The van der Waals surface area contributed by atoms with Gasteiger partial charge in [0.05, 0.1) is 0 Å². The third-order valence-corrected chi connectivity index (χ3v) is 2.17. The molecule has 14 heavy (non-hydrogen) atoms. The highest BCUT2D eigenvalue weighted by Gasteiger charge is 2.20. The zero-order chi connectivity index (χ0) is 10.7. The van der Waals surface area contributed by atoms with Crippen molar-refractivity contribution < 1.29 is 19.4 Å². The molecule has 0 heterocycles. The Balaban J connectivity index is 3.20. The van der Waals surface area contributed by atoms with E-state index in [9.17, 15) is 14.3 Å². The maximum Gasteiger partial charge on any atom is 0.337 e. The van der Waals surface area contributed by atoms with Crippen LogP contribution in [0.2, 0.25) is 5.02 Å². The molecular weight excluding hydrogens is 211 g/mol. The molecule has 0 aliphatic rings. The molecule has 0 bridgehead atoms. The minimum absolute atomic E-state index is 0.00694. The van der Waals surface area contributed by atoms with Gasteiger partial charge < -0.3 is 10.2 Å². The van der Waals surface area contributed by atoms with Gasteiger partial charge >= 0.3 is 5.97 Å². The number of aliphatic hydroxyl groups is 1. The summed E-state index contributed by atoms with van der Waals surface area (Å²) in [7, 11) is 0. The fourth-order valence-corrected chi connectivity index (χ4v) is 1.34. The minimum atomic E-state index is -1.74. The zero-order valence-corrected chi connectivity index (χ0v) is 7.83. The van der Waals surface area contributed by atoms with Gasteiger partial charge in [0, 0.05) is 10.6 Å². The van der Waals surface area contributed by atoms with Gasteiger partial charge in [0.1, 0.15) is 6.67 Å². The first-order chi connectivity index (χ1) is 6.57. The second kappa shape index (κ2) is 4.39. The van der Waals surface area contributed by atoms with Crippen molar-refractivity contribution in [3.63, 3.8) is 0 Å². The van der Waals surface area contributed by atoms with Crippen LogP contribution in [0.3, 0.4) is 0 Å². The van der Waals surface area contributed by atoms with E-state index in [0.29, 0.717) is 0 Å². The summed E-state index contributed by atoms with van der Waals surface area (Å²) in [5.41, 5.74) is 0.0107. The van der Waals surface area contributed by atoms with Crippen LogP contribution >= 0.6 is 11.6 Å². The van der Waals surface area contributed by atoms with Gasteiger partial charge in [-0.25, -0.2) is 9.18 Å². The van der Waals surface area contributed by atoms with E-state index in [1.807, 2.05) is 0 Å². The van der Waals surface area contributed by atoms with Gasteiger partial charge in [-0.05, 0) is 11.6 Å². The van der Waals surface area contributed by atoms with Crippen molar-refractivity contribution >= 4 is 17.6 Å². The normalized spacial score (nSPS) is 12.5. The molecule has 5 heteroatoms. The van der Waals surface area contributed by atoms with Crippen molar-refractivity contribution in [1.82, 2.24) is 0 Å². The topological polar surface area (TPSA) is 57.5 Å². The molecule has 0 radical (unpaired) electrons. The van der Waals surface area contributed by atoms with Crippen molar-refractivity contribution in [3.05, 3.63) is 34.3 Å². The molecule has 0 saturated carbocycles. The van der Waals surface area contributed by atoms with Crippen LogP contribution < -0.4 is 0 Å². The van der Waals surface area contributed by atoms with E-state index in [0.717, 1.165) is 0 Å². The van der Waals surface area contributed by atoms with Gasteiger partial charge in [-0.3, -0.25) is 0 Å². The average molecular weight is 219 g/mol. The average Bonchev–Trinajstić information content (AvgIpc) is 2.16. The summed E-state index contributed by atoms with van der Waals surface area (Å²) < 4.78 is 12.5. The summed E-state index contributed by atoms with van der Waals surface area (Å²) in [6.07, 6.45) is -1.74. The Morgan fingerprint density at radius 2 is 2.21 bits per heavy atom. The molecule has 76 valence electrons. The Hall–Kier alpha value is -1.13. The number of benzene rings is 1. The number of hydrogen-bond donors (Lipinski definition) is 2. The number of carbonyl (C=O) groups is 1. The van der Waals surface area contributed by atoms with Gasteiger partial charge in [0.2, 0.25) is 0 Å². The first-order valence-corrected chi connectivity index (χ1v) is 4.20. The van der Waals surface area contributed by atoms with Crippen LogP contribution in [0.1, 0.15) is 17.2 Å². The molecule has 1 aromatic rings. The van der Waals surface area contributed by atoms with Crippen molar-refractivity contribution in [2.75, 3.05) is 0 Å². The molecular formula is C9H8ClFO3. The first-order valence-electron chi connectivity index (χ1n) is 3.82. The second-order valence-electron chi connectivity index (χ2n) is 2.68. The quantitative estimate of drug-likeness (QED) is 0.815. The van der Waals surface area contributed by atoms with Gasteiger partial charge in [0.25, 0.3) is 0 Å². The van der Waals surface area contributed by atoms with Crippen molar-refractivity contribution in [1.29, 1.82) is 0 Å². The Bertz CT molecular complexity index is 354. The lowest BCUT2D eigenvalue weighted by Gasteiger charge is -2.10. The molecule has 0 spiro atoms. The summed E-state index contributed by atoms with van der Waals surface area (Å²) in [6, 6.07) is 4.23. The standard InChI is InChI=1S/C9H8ClFO3/c10-7-3-1-2-5(6(7)4-11)8(12)9(13)14/h1-3,8,12H,4H2,(H,13,14). The fourth-order valence-electron chi connectivity index (χ4n) is 1.11. The van der Waals surface area contributed by atoms with E-state index < -0.39 is 18.7 Å². The van der Waals surface area contributed by atoms with Crippen molar-refractivity contribution in [2.45, 2.75) is 12.8 Å². The number of hydrogen-bond acceptors (Lipinski definition) is 2. The van der Waals surface area contributed by atoms with Crippen molar-refractivity contribution in [3.8, 4) is 0 Å². The smallest absolute Gasteiger partial charge is 0.337 e. The number of rotatable bonds is 3. The Morgan fingerprint density at radius 3 is 2.71 bits per heavy atom. The van der Waals surface area contributed by atoms with Gasteiger partial charge in [0.15, 0.2) is 6.10 Å². The van der Waals surface area contributed by atoms with Crippen LogP contribution in [0.4, 0.5) is 4.39 Å². The third kappa shape index (κ3) is 2.02. The zero-order valence-electron chi connectivity index (χ0n) is 7.08. The van der Waals surface area contributed by atoms with Gasteiger partial charge in [-0.1, -0.05) is 23.7 Å². The molecule has 2 N–H and O–H groups in total. The molecule has 1 rings (SSSR count). The lowest BCUT2D eigenvalue weighted by molar-refractivity contribution is -0.147. The lowest BCUT2D eigenvalue weighted by atomic mass is 10.0. The summed E-state index contributed by atoms with van der Waals surface area (Å²) in [6.45, 7) is -0.903. The van der Waals surface area contributed by atoms with E-state index in [2.05, 4.69) is 0 Å². The number of halogens is 2. The van der Waals surface area contributed by atoms with Crippen molar-refractivity contribution in [2.24, 2.45) is 0 Å². The number of aliphatic hydroxyl groups excluding tert-OH is 1. The van der Waals surface area contributed by atoms with E-state index in [1.54, 1.807) is 0 Å². The predicted octanol–water partition coefficient (Wildman–Crippen LogP) is 1.93. The number of carboxylic acids is 1.